The van der Waals surface area contributed by atoms with Gasteiger partial charge in [-0.15, -0.1) is 11.3 Å². The number of piperazine rings is 1. The molecule has 0 saturated carbocycles. The Labute approximate surface area is 120 Å². The lowest BCUT2D eigenvalue weighted by Gasteiger charge is -2.34. The molecule has 1 fully saturated rings. The summed E-state index contributed by atoms with van der Waals surface area (Å²) < 4.78 is 0. The van der Waals surface area contributed by atoms with Crippen LogP contribution in [-0.2, 0) is 4.79 Å². The summed E-state index contributed by atoms with van der Waals surface area (Å²) >= 11 is 1.18. The molecular formula is C12H17N3O4S. The first-order valence-electron chi connectivity index (χ1n) is 6.46. The minimum atomic E-state index is -0.758. The van der Waals surface area contributed by atoms with Gasteiger partial charge in [0.1, 0.15) is 6.04 Å². The van der Waals surface area contributed by atoms with E-state index in [0.717, 1.165) is 0 Å². The summed E-state index contributed by atoms with van der Waals surface area (Å²) in [7, 11) is 0. The van der Waals surface area contributed by atoms with Gasteiger partial charge in [-0.05, 0) is 13.3 Å². The van der Waals surface area contributed by atoms with Gasteiger partial charge in [0.05, 0.1) is 11.0 Å². The Morgan fingerprint density at radius 3 is 2.95 bits per heavy atom. The van der Waals surface area contributed by atoms with Crippen molar-refractivity contribution in [1.82, 2.24) is 5.32 Å². The molecule has 110 valence electrons. The second kappa shape index (κ2) is 5.76. The smallest absolute Gasteiger partial charge is 0.304 e. The molecule has 1 amide bonds. The highest BCUT2D eigenvalue weighted by Crippen LogP contribution is 2.41. The van der Waals surface area contributed by atoms with Gasteiger partial charge >= 0.3 is 5.69 Å². The quantitative estimate of drug-likeness (QED) is 0.647. The number of nitrogens with one attached hydrogen (secondary N) is 1. The van der Waals surface area contributed by atoms with E-state index in [1.165, 1.54) is 17.4 Å². The van der Waals surface area contributed by atoms with Crippen LogP contribution in [-0.4, -0.2) is 35.1 Å². The molecule has 0 bridgehead atoms. The zero-order valence-corrected chi connectivity index (χ0v) is 12.1. The van der Waals surface area contributed by atoms with Gasteiger partial charge in [-0.25, -0.2) is 0 Å². The first kappa shape index (κ1) is 14.7. The van der Waals surface area contributed by atoms with Crippen LogP contribution in [0.3, 0.4) is 0 Å². The van der Waals surface area contributed by atoms with Gasteiger partial charge < -0.3 is 15.3 Å². The van der Waals surface area contributed by atoms with E-state index in [4.69, 9.17) is 0 Å². The molecule has 0 aliphatic carbocycles. The number of carbonyl (C=O) groups excluding carboxylic acids is 1. The highest BCUT2D eigenvalue weighted by molar-refractivity contribution is 7.16. The van der Waals surface area contributed by atoms with Gasteiger partial charge in [-0.1, -0.05) is 6.92 Å². The maximum absolute atomic E-state index is 11.9. The fourth-order valence-electron chi connectivity index (χ4n) is 2.30. The topological polar surface area (TPSA) is 95.7 Å². The van der Waals surface area contributed by atoms with Gasteiger partial charge in [0.15, 0.2) is 5.00 Å². The number of rotatable bonds is 4. The molecule has 1 aliphatic heterocycles. The van der Waals surface area contributed by atoms with Crippen molar-refractivity contribution in [3.8, 4) is 0 Å². The molecule has 2 rings (SSSR count). The van der Waals surface area contributed by atoms with Crippen LogP contribution < -0.4 is 10.2 Å². The molecule has 1 aromatic rings. The molecule has 1 aromatic heterocycles. The van der Waals surface area contributed by atoms with Crippen LogP contribution in [0.1, 0.15) is 31.2 Å². The summed E-state index contributed by atoms with van der Waals surface area (Å²) in [5.41, 5.74) is -0.0425. The Morgan fingerprint density at radius 1 is 1.70 bits per heavy atom. The fourth-order valence-corrected chi connectivity index (χ4v) is 3.43. The SMILES string of the molecule is CCC1C(=O)NCCN1c1sc(C(C)O)cc1[N+](=O)[O-]. The molecule has 7 nitrogen and oxygen atoms in total. The number of carbonyl (C=O) groups is 1. The zero-order chi connectivity index (χ0) is 14.9. The highest BCUT2D eigenvalue weighted by atomic mass is 32.1. The van der Waals surface area contributed by atoms with Gasteiger partial charge in [-0.3, -0.25) is 14.9 Å². The summed E-state index contributed by atoms with van der Waals surface area (Å²) in [5, 5.41) is 24.0. The lowest BCUT2D eigenvalue weighted by molar-refractivity contribution is -0.383. The van der Waals surface area contributed by atoms with Crippen molar-refractivity contribution >= 4 is 27.9 Å². The number of nitro groups is 1. The van der Waals surface area contributed by atoms with E-state index >= 15 is 0 Å². The second-order valence-corrected chi connectivity index (χ2v) is 5.74. The molecule has 1 saturated heterocycles. The molecule has 0 spiro atoms. The van der Waals surface area contributed by atoms with Crippen molar-refractivity contribution in [2.24, 2.45) is 0 Å². The van der Waals surface area contributed by atoms with E-state index in [1.807, 2.05) is 6.92 Å². The number of aliphatic hydroxyl groups excluding tert-OH is 1. The highest BCUT2D eigenvalue weighted by Gasteiger charge is 2.34. The molecule has 20 heavy (non-hydrogen) atoms. The summed E-state index contributed by atoms with van der Waals surface area (Å²) in [4.78, 5) is 24.9. The third-order valence-corrected chi connectivity index (χ3v) is 4.63. The lowest BCUT2D eigenvalue weighted by atomic mass is 10.1. The number of nitrogens with zero attached hydrogens (tertiary/aromatic N) is 2. The average molecular weight is 299 g/mol. The third kappa shape index (κ3) is 2.61. The molecule has 8 heteroatoms. The van der Waals surface area contributed by atoms with Crippen LogP contribution in [0.15, 0.2) is 6.07 Å². The number of hydrogen-bond donors (Lipinski definition) is 2. The molecule has 2 atom stereocenters. The lowest BCUT2D eigenvalue weighted by Crippen LogP contribution is -2.55. The van der Waals surface area contributed by atoms with E-state index in [-0.39, 0.29) is 11.6 Å². The maximum atomic E-state index is 11.9. The van der Waals surface area contributed by atoms with Crippen LogP contribution >= 0.6 is 11.3 Å². The third-order valence-electron chi connectivity index (χ3n) is 3.30. The number of thiophene rings is 1. The minimum Gasteiger partial charge on any atom is -0.388 e. The van der Waals surface area contributed by atoms with Gasteiger partial charge in [-0.2, -0.15) is 0 Å². The van der Waals surface area contributed by atoms with E-state index < -0.39 is 17.1 Å². The van der Waals surface area contributed by atoms with Crippen molar-refractivity contribution in [3.05, 3.63) is 21.1 Å². The first-order chi connectivity index (χ1) is 9.45. The molecule has 0 radical (unpaired) electrons. The van der Waals surface area contributed by atoms with Gasteiger partial charge in [0.2, 0.25) is 5.91 Å². The predicted octanol–water partition coefficient (Wildman–Crippen LogP) is 1.42. The van der Waals surface area contributed by atoms with E-state index in [1.54, 1.807) is 11.8 Å². The van der Waals surface area contributed by atoms with E-state index in [0.29, 0.717) is 29.4 Å². The van der Waals surface area contributed by atoms with Crippen molar-refractivity contribution in [3.63, 3.8) is 0 Å². The molecule has 2 N–H and O–H groups in total. The van der Waals surface area contributed by atoms with Crippen molar-refractivity contribution in [1.29, 1.82) is 0 Å². The van der Waals surface area contributed by atoms with Crippen molar-refractivity contribution in [2.75, 3.05) is 18.0 Å². The van der Waals surface area contributed by atoms with Crippen LogP contribution in [0.5, 0.6) is 0 Å². The number of amides is 1. The van der Waals surface area contributed by atoms with E-state index in [9.17, 15) is 20.0 Å². The predicted molar refractivity (Wildman–Crippen MR) is 76.0 cm³/mol. The molecular weight excluding hydrogens is 282 g/mol. The average Bonchev–Trinajstić information content (AvgIpc) is 2.83. The number of aliphatic hydroxyl groups is 1. The van der Waals surface area contributed by atoms with Gasteiger partial charge in [0, 0.05) is 24.0 Å². The summed E-state index contributed by atoms with van der Waals surface area (Å²) in [6.45, 7) is 4.44. The fraction of sp³-hybridized carbons (Fsp3) is 0.583. The molecule has 1 aliphatic rings. The van der Waals surface area contributed by atoms with Crippen LogP contribution in [0.25, 0.3) is 0 Å². The van der Waals surface area contributed by atoms with E-state index in [2.05, 4.69) is 5.32 Å². The van der Waals surface area contributed by atoms with Crippen LogP contribution in [0.2, 0.25) is 0 Å². The largest absolute Gasteiger partial charge is 0.388 e. The Kier molecular flexibility index (Phi) is 4.24. The minimum absolute atomic E-state index is 0.0425. The molecule has 2 heterocycles. The summed E-state index contributed by atoms with van der Waals surface area (Å²) in [6, 6.07) is 0.993. The Bertz CT molecular complexity index is 529. The summed E-state index contributed by atoms with van der Waals surface area (Å²) in [5.74, 6) is -0.111. The first-order valence-corrected chi connectivity index (χ1v) is 7.27. The summed E-state index contributed by atoms with van der Waals surface area (Å²) in [6.07, 6.45) is -0.184. The number of anilines is 1. The van der Waals surface area contributed by atoms with Crippen LogP contribution in [0, 0.1) is 10.1 Å². The number of hydrogen-bond acceptors (Lipinski definition) is 6. The monoisotopic (exact) mass is 299 g/mol. The molecule has 0 aromatic carbocycles. The Hall–Kier alpha value is -1.67. The molecule has 2 unspecified atom stereocenters. The Balaban J connectivity index is 2.44. The van der Waals surface area contributed by atoms with Gasteiger partial charge in [0.25, 0.3) is 0 Å². The standard InChI is InChI=1S/C12H17N3O4S/c1-3-8-11(17)13-4-5-14(8)12-9(15(18)19)6-10(20-12)7(2)16/h6-8,16H,3-5H2,1-2H3,(H,13,17). The van der Waals surface area contributed by atoms with Crippen molar-refractivity contribution < 1.29 is 14.8 Å². The normalized spacial score (nSPS) is 20.6. The second-order valence-electron chi connectivity index (χ2n) is 4.68. The van der Waals surface area contributed by atoms with Crippen molar-refractivity contribution in [2.45, 2.75) is 32.4 Å². The maximum Gasteiger partial charge on any atom is 0.304 e. The zero-order valence-electron chi connectivity index (χ0n) is 11.3. The van der Waals surface area contributed by atoms with Crippen LogP contribution in [0.4, 0.5) is 10.7 Å². The Morgan fingerprint density at radius 2 is 2.40 bits per heavy atom.